The summed E-state index contributed by atoms with van der Waals surface area (Å²) < 4.78 is 6.26. The van der Waals surface area contributed by atoms with Crippen molar-refractivity contribution in [3.05, 3.63) is 28.2 Å². The number of likely N-dealkylation sites (tertiary alicyclic amines) is 1. The summed E-state index contributed by atoms with van der Waals surface area (Å²) >= 11 is 3.41. The summed E-state index contributed by atoms with van der Waals surface area (Å²) in [5, 5.41) is 3.59. The van der Waals surface area contributed by atoms with Crippen LogP contribution < -0.4 is 10.1 Å². The van der Waals surface area contributed by atoms with Crippen LogP contribution in [0.15, 0.2) is 22.7 Å². The van der Waals surface area contributed by atoms with Crippen molar-refractivity contribution in [2.24, 2.45) is 0 Å². The van der Waals surface area contributed by atoms with E-state index in [4.69, 9.17) is 4.74 Å². The van der Waals surface area contributed by atoms with Gasteiger partial charge in [-0.1, -0.05) is 15.9 Å². The smallest absolute Gasteiger partial charge is 0.257 e. The average molecular weight is 376 g/mol. The lowest BCUT2D eigenvalue weighted by Crippen LogP contribution is -2.39. The number of carbonyl (C=O) groups excluding carboxylic acids is 1. The predicted octanol–water partition coefficient (Wildman–Crippen LogP) is 2.85. The second-order valence-electron chi connectivity index (χ2n) is 5.52. The molecule has 0 aromatic heterocycles. The number of hydrogen-bond donors (Lipinski definition) is 1. The Balaban J connectivity index is 0.00000161. The minimum absolute atomic E-state index is 0. The fourth-order valence-electron chi connectivity index (χ4n) is 3.14. The van der Waals surface area contributed by atoms with E-state index in [2.05, 4.69) is 21.2 Å². The van der Waals surface area contributed by atoms with Crippen LogP contribution in [-0.4, -0.2) is 43.1 Å². The van der Waals surface area contributed by atoms with Crippen LogP contribution in [-0.2, 0) is 0 Å². The number of hydrogen-bond acceptors (Lipinski definition) is 3. The van der Waals surface area contributed by atoms with Crippen molar-refractivity contribution in [2.45, 2.75) is 31.3 Å². The summed E-state index contributed by atoms with van der Waals surface area (Å²) in [6.45, 7) is 1.63. The lowest BCUT2D eigenvalue weighted by Gasteiger charge is -2.25. The van der Waals surface area contributed by atoms with Crippen LogP contribution in [0.3, 0.4) is 0 Å². The van der Waals surface area contributed by atoms with Gasteiger partial charge >= 0.3 is 0 Å². The summed E-state index contributed by atoms with van der Waals surface area (Å²) in [6.07, 6.45) is 3.46. The van der Waals surface area contributed by atoms with E-state index in [-0.39, 0.29) is 18.3 Å². The molecule has 2 aliphatic rings. The highest BCUT2D eigenvalue weighted by Crippen LogP contribution is 2.27. The van der Waals surface area contributed by atoms with Crippen molar-refractivity contribution >= 4 is 34.2 Å². The number of ether oxygens (including phenoxy) is 1. The van der Waals surface area contributed by atoms with Crippen LogP contribution >= 0.6 is 28.3 Å². The topological polar surface area (TPSA) is 41.6 Å². The van der Waals surface area contributed by atoms with Crippen molar-refractivity contribution < 1.29 is 9.53 Å². The van der Waals surface area contributed by atoms with Gasteiger partial charge in [0.1, 0.15) is 5.75 Å². The molecular weight excluding hydrogens is 356 g/mol. The number of nitrogens with zero attached hydrogens (tertiary/aromatic N) is 1. The largest absolute Gasteiger partial charge is 0.496 e. The van der Waals surface area contributed by atoms with Gasteiger partial charge in [0.25, 0.3) is 5.91 Å². The summed E-state index contributed by atoms with van der Waals surface area (Å²) in [6, 6.07) is 6.60. The Morgan fingerprint density at radius 3 is 2.86 bits per heavy atom. The quantitative estimate of drug-likeness (QED) is 0.864. The molecule has 2 saturated heterocycles. The van der Waals surface area contributed by atoms with Crippen molar-refractivity contribution in [3.63, 3.8) is 0 Å². The van der Waals surface area contributed by atoms with Gasteiger partial charge < -0.3 is 15.0 Å². The fraction of sp³-hybridized carbons (Fsp3) is 0.533. The Morgan fingerprint density at radius 2 is 2.10 bits per heavy atom. The van der Waals surface area contributed by atoms with Crippen molar-refractivity contribution in [1.29, 1.82) is 0 Å². The Bertz CT molecular complexity index is 526. The van der Waals surface area contributed by atoms with E-state index < -0.39 is 0 Å². The maximum Gasteiger partial charge on any atom is 0.257 e. The standard InChI is InChI=1S/C15H19BrN2O2.ClH/c1-20-14-8-10(16)2-5-13(14)15(19)18-7-6-11-3-4-12(9-18)17-11;/h2,5,8,11-12,17H,3-4,6-7,9H2,1H3;1H. The summed E-state index contributed by atoms with van der Waals surface area (Å²) in [5.74, 6) is 0.704. The molecule has 3 rings (SSSR count). The SMILES string of the molecule is COc1cc(Br)ccc1C(=O)N1CCC2CCC(C1)N2.Cl. The van der Waals surface area contributed by atoms with Gasteiger partial charge in [-0.25, -0.2) is 0 Å². The van der Waals surface area contributed by atoms with Crippen LogP contribution in [0.25, 0.3) is 0 Å². The Labute approximate surface area is 139 Å². The highest BCUT2D eigenvalue weighted by Gasteiger charge is 2.32. The van der Waals surface area contributed by atoms with Crippen LogP contribution in [0.2, 0.25) is 0 Å². The number of amides is 1. The van der Waals surface area contributed by atoms with Gasteiger partial charge in [0.05, 0.1) is 12.7 Å². The third kappa shape index (κ3) is 3.52. The molecule has 2 aliphatic heterocycles. The zero-order chi connectivity index (χ0) is 14.1. The molecule has 2 atom stereocenters. The first-order valence-electron chi connectivity index (χ1n) is 7.06. The Hall–Kier alpha value is -0.780. The van der Waals surface area contributed by atoms with E-state index in [1.54, 1.807) is 7.11 Å². The molecular formula is C15H20BrClN2O2. The van der Waals surface area contributed by atoms with E-state index >= 15 is 0 Å². The number of halogens is 2. The Kier molecular flexibility index (Phi) is 5.52. The van der Waals surface area contributed by atoms with Gasteiger partial charge in [0.15, 0.2) is 0 Å². The molecule has 6 heteroatoms. The second kappa shape index (κ2) is 6.99. The molecule has 2 heterocycles. The maximum absolute atomic E-state index is 12.7. The summed E-state index contributed by atoms with van der Waals surface area (Å²) in [5.41, 5.74) is 0.647. The van der Waals surface area contributed by atoms with E-state index in [9.17, 15) is 4.79 Å². The fourth-order valence-corrected chi connectivity index (χ4v) is 3.48. The summed E-state index contributed by atoms with van der Waals surface area (Å²) in [7, 11) is 1.60. The monoisotopic (exact) mass is 374 g/mol. The van der Waals surface area contributed by atoms with Crippen molar-refractivity contribution in [1.82, 2.24) is 10.2 Å². The molecule has 1 aromatic rings. The molecule has 2 unspecified atom stereocenters. The molecule has 0 spiro atoms. The molecule has 2 fully saturated rings. The normalized spacial score (nSPS) is 24.2. The molecule has 0 aliphatic carbocycles. The number of fused-ring (bicyclic) bond motifs is 2. The number of carbonyl (C=O) groups is 1. The second-order valence-corrected chi connectivity index (χ2v) is 6.44. The lowest BCUT2D eigenvalue weighted by molar-refractivity contribution is 0.0744. The first-order valence-corrected chi connectivity index (χ1v) is 7.85. The maximum atomic E-state index is 12.7. The van der Waals surface area contributed by atoms with Gasteiger partial charge in [-0.3, -0.25) is 4.79 Å². The third-order valence-electron chi connectivity index (χ3n) is 4.20. The molecule has 1 amide bonds. The molecule has 116 valence electrons. The van der Waals surface area contributed by atoms with Gasteiger partial charge in [0.2, 0.25) is 0 Å². The number of benzene rings is 1. The van der Waals surface area contributed by atoms with Crippen molar-refractivity contribution in [2.75, 3.05) is 20.2 Å². The molecule has 1 aromatic carbocycles. The van der Waals surface area contributed by atoms with Crippen LogP contribution in [0, 0.1) is 0 Å². The first kappa shape index (κ1) is 16.6. The zero-order valence-corrected chi connectivity index (χ0v) is 14.4. The molecule has 0 saturated carbocycles. The molecule has 1 N–H and O–H groups in total. The predicted molar refractivity (Wildman–Crippen MR) is 88.4 cm³/mol. The van der Waals surface area contributed by atoms with Crippen LogP contribution in [0.4, 0.5) is 0 Å². The highest BCUT2D eigenvalue weighted by molar-refractivity contribution is 9.10. The van der Waals surface area contributed by atoms with E-state index in [0.29, 0.717) is 23.4 Å². The minimum atomic E-state index is 0. The van der Waals surface area contributed by atoms with Crippen molar-refractivity contribution in [3.8, 4) is 5.75 Å². The lowest BCUT2D eigenvalue weighted by atomic mass is 10.1. The number of rotatable bonds is 2. The van der Waals surface area contributed by atoms with E-state index in [1.807, 2.05) is 23.1 Å². The molecule has 4 nitrogen and oxygen atoms in total. The Morgan fingerprint density at radius 1 is 1.33 bits per heavy atom. The molecule has 21 heavy (non-hydrogen) atoms. The van der Waals surface area contributed by atoms with Gasteiger partial charge in [-0.15, -0.1) is 12.4 Å². The summed E-state index contributed by atoms with van der Waals surface area (Å²) in [4.78, 5) is 14.7. The average Bonchev–Trinajstić information content (AvgIpc) is 2.77. The van der Waals surface area contributed by atoms with Crippen LogP contribution in [0.5, 0.6) is 5.75 Å². The van der Waals surface area contributed by atoms with E-state index in [0.717, 1.165) is 24.0 Å². The molecule has 0 radical (unpaired) electrons. The first-order chi connectivity index (χ1) is 9.67. The van der Waals surface area contributed by atoms with Gasteiger partial charge in [-0.05, 0) is 37.5 Å². The minimum Gasteiger partial charge on any atom is -0.496 e. The van der Waals surface area contributed by atoms with Gasteiger partial charge in [0, 0.05) is 29.6 Å². The number of methoxy groups -OCH3 is 1. The van der Waals surface area contributed by atoms with Gasteiger partial charge in [-0.2, -0.15) is 0 Å². The highest BCUT2D eigenvalue weighted by atomic mass is 79.9. The van der Waals surface area contributed by atoms with E-state index in [1.165, 1.54) is 12.8 Å². The zero-order valence-electron chi connectivity index (χ0n) is 12.0. The molecule has 2 bridgehead atoms. The van der Waals surface area contributed by atoms with Crippen LogP contribution in [0.1, 0.15) is 29.6 Å². The third-order valence-corrected chi connectivity index (χ3v) is 4.70. The number of nitrogens with one attached hydrogen (secondary N) is 1.